The summed E-state index contributed by atoms with van der Waals surface area (Å²) in [6.45, 7) is 1.51. The summed E-state index contributed by atoms with van der Waals surface area (Å²) in [5.41, 5.74) is 1.87. The Hall–Kier alpha value is -2.93. The van der Waals surface area contributed by atoms with Crippen LogP contribution in [-0.2, 0) is 4.79 Å². The fourth-order valence-electron chi connectivity index (χ4n) is 4.18. The van der Waals surface area contributed by atoms with E-state index in [2.05, 4.69) is 5.32 Å². The van der Waals surface area contributed by atoms with Crippen LogP contribution in [0.1, 0.15) is 61.8 Å². The molecule has 7 heteroatoms. The van der Waals surface area contributed by atoms with Crippen molar-refractivity contribution in [3.8, 4) is 0 Å². The van der Waals surface area contributed by atoms with E-state index in [1.54, 1.807) is 24.3 Å². The number of Topliss-reactive ketones (excluding diaryl/α,β-unsaturated/α-hetero) is 1. The van der Waals surface area contributed by atoms with E-state index in [0.717, 1.165) is 25.7 Å². The van der Waals surface area contributed by atoms with Crippen molar-refractivity contribution < 1.29 is 9.59 Å². The van der Waals surface area contributed by atoms with E-state index in [1.807, 2.05) is 28.8 Å². The van der Waals surface area contributed by atoms with E-state index < -0.39 is 0 Å². The molecule has 0 saturated heterocycles. The number of carbonyl (C=O) groups is 2. The van der Waals surface area contributed by atoms with Gasteiger partial charge in [-0.3, -0.25) is 19.0 Å². The van der Waals surface area contributed by atoms with Gasteiger partial charge in [-0.25, -0.2) is 4.98 Å². The smallest absolute Gasteiger partial charge is 0.262 e. The lowest BCUT2D eigenvalue weighted by atomic mass is 10.1. The van der Waals surface area contributed by atoms with E-state index in [-0.39, 0.29) is 29.0 Å². The number of carbonyl (C=O) groups excluding carboxylic acids is 2. The van der Waals surface area contributed by atoms with Crippen LogP contribution >= 0.6 is 11.8 Å². The number of nitrogens with zero attached hydrogens (tertiary/aromatic N) is 2. The number of nitrogens with one attached hydrogen (secondary N) is 1. The molecule has 1 fully saturated rings. The summed E-state index contributed by atoms with van der Waals surface area (Å²) in [5.74, 6) is -0.0518. The van der Waals surface area contributed by atoms with Gasteiger partial charge in [0.25, 0.3) is 5.56 Å². The number of ketones is 1. The molecule has 1 amide bonds. The standard InChI is InChI=1S/C25H27N3O3S/c1-17(29)18-12-14-19(15-13-18)26-23(30)16-32-25-27-22-11-7-6-10-21(22)24(31)28(25)20-8-4-2-3-5-9-20/h6-7,10-15,20H,2-5,8-9,16H2,1H3,(H,26,30). The summed E-state index contributed by atoms with van der Waals surface area (Å²) in [6, 6.07) is 14.3. The van der Waals surface area contributed by atoms with E-state index in [4.69, 9.17) is 4.98 Å². The maximum atomic E-state index is 13.4. The molecule has 1 saturated carbocycles. The lowest BCUT2D eigenvalue weighted by Crippen LogP contribution is -2.28. The second kappa shape index (κ2) is 10.1. The Morgan fingerprint density at radius 2 is 1.72 bits per heavy atom. The van der Waals surface area contributed by atoms with Crippen LogP contribution in [0.25, 0.3) is 10.9 Å². The summed E-state index contributed by atoms with van der Waals surface area (Å²) in [4.78, 5) is 42.1. The molecular formula is C25H27N3O3S. The molecular weight excluding hydrogens is 422 g/mol. The van der Waals surface area contributed by atoms with Gasteiger partial charge in [-0.1, -0.05) is 49.6 Å². The second-order valence-electron chi connectivity index (χ2n) is 8.20. The normalized spacial score (nSPS) is 14.8. The molecule has 32 heavy (non-hydrogen) atoms. The van der Waals surface area contributed by atoms with Gasteiger partial charge < -0.3 is 5.32 Å². The first kappa shape index (κ1) is 22.3. The number of rotatable bonds is 6. The van der Waals surface area contributed by atoms with Gasteiger partial charge in [-0.15, -0.1) is 0 Å². The maximum Gasteiger partial charge on any atom is 0.262 e. The number of fused-ring (bicyclic) bond motifs is 1. The second-order valence-corrected chi connectivity index (χ2v) is 9.14. The molecule has 1 heterocycles. The van der Waals surface area contributed by atoms with Crippen molar-refractivity contribution in [2.24, 2.45) is 0 Å². The van der Waals surface area contributed by atoms with Gasteiger partial charge in [0.2, 0.25) is 5.91 Å². The quantitative estimate of drug-likeness (QED) is 0.241. The number of aromatic nitrogens is 2. The minimum atomic E-state index is -0.180. The molecule has 1 N–H and O–H groups in total. The molecule has 2 aromatic carbocycles. The van der Waals surface area contributed by atoms with E-state index >= 15 is 0 Å². The molecule has 166 valence electrons. The number of benzene rings is 2. The average molecular weight is 450 g/mol. The average Bonchev–Trinajstić information content (AvgIpc) is 3.07. The molecule has 1 aliphatic rings. The Bertz CT molecular complexity index is 1180. The monoisotopic (exact) mass is 449 g/mol. The van der Waals surface area contributed by atoms with Crippen molar-refractivity contribution in [1.29, 1.82) is 0 Å². The highest BCUT2D eigenvalue weighted by Gasteiger charge is 2.21. The molecule has 1 aromatic heterocycles. The first-order valence-corrected chi connectivity index (χ1v) is 12.1. The number of para-hydroxylation sites is 1. The molecule has 0 aliphatic heterocycles. The Kier molecular flexibility index (Phi) is 7.05. The third-order valence-corrected chi connectivity index (χ3v) is 6.83. The van der Waals surface area contributed by atoms with Crippen LogP contribution in [0.15, 0.2) is 58.5 Å². The van der Waals surface area contributed by atoms with Gasteiger partial charge in [-0.05, 0) is 56.2 Å². The number of thioether (sulfide) groups is 1. The summed E-state index contributed by atoms with van der Waals surface area (Å²) in [7, 11) is 0. The van der Waals surface area contributed by atoms with Crippen molar-refractivity contribution in [2.45, 2.75) is 56.6 Å². The van der Waals surface area contributed by atoms with Crippen LogP contribution in [0.5, 0.6) is 0 Å². The fraction of sp³-hybridized carbons (Fsp3) is 0.360. The summed E-state index contributed by atoms with van der Waals surface area (Å²) in [6.07, 6.45) is 6.51. The molecule has 3 aromatic rings. The molecule has 0 bridgehead atoms. The van der Waals surface area contributed by atoms with Crippen LogP contribution in [-0.4, -0.2) is 27.0 Å². The van der Waals surface area contributed by atoms with Crippen molar-refractivity contribution in [3.05, 3.63) is 64.4 Å². The zero-order valence-electron chi connectivity index (χ0n) is 18.2. The zero-order valence-corrected chi connectivity index (χ0v) is 19.0. The first-order valence-electron chi connectivity index (χ1n) is 11.1. The van der Waals surface area contributed by atoms with Gasteiger partial charge >= 0.3 is 0 Å². The van der Waals surface area contributed by atoms with Gasteiger partial charge in [-0.2, -0.15) is 0 Å². The molecule has 0 spiro atoms. The summed E-state index contributed by atoms with van der Waals surface area (Å²) in [5, 5.41) is 4.07. The van der Waals surface area contributed by atoms with Crippen LogP contribution in [0.4, 0.5) is 5.69 Å². The number of hydrogen-bond donors (Lipinski definition) is 1. The molecule has 0 atom stereocenters. The van der Waals surface area contributed by atoms with Crippen LogP contribution < -0.4 is 10.9 Å². The Morgan fingerprint density at radius 1 is 1.03 bits per heavy atom. The maximum absolute atomic E-state index is 13.4. The van der Waals surface area contributed by atoms with Gasteiger partial charge in [0.1, 0.15) is 0 Å². The Labute approximate surface area is 191 Å². The lowest BCUT2D eigenvalue weighted by molar-refractivity contribution is -0.113. The highest BCUT2D eigenvalue weighted by atomic mass is 32.2. The minimum Gasteiger partial charge on any atom is -0.325 e. The van der Waals surface area contributed by atoms with E-state index in [1.165, 1.54) is 31.5 Å². The molecule has 4 rings (SSSR count). The third-order valence-electron chi connectivity index (χ3n) is 5.87. The number of anilines is 1. The van der Waals surface area contributed by atoms with Gasteiger partial charge in [0, 0.05) is 17.3 Å². The van der Waals surface area contributed by atoms with Gasteiger partial charge in [0.05, 0.1) is 16.7 Å². The predicted molar refractivity (Wildman–Crippen MR) is 129 cm³/mol. The van der Waals surface area contributed by atoms with Crippen LogP contribution in [0.2, 0.25) is 0 Å². The SMILES string of the molecule is CC(=O)c1ccc(NC(=O)CSc2nc3ccccc3c(=O)n2C2CCCCCC2)cc1. The van der Waals surface area contributed by atoms with Crippen molar-refractivity contribution >= 4 is 40.0 Å². The number of amides is 1. The topological polar surface area (TPSA) is 81.1 Å². The van der Waals surface area contributed by atoms with E-state index in [0.29, 0.717) is 27.3 Å². The fourth-order valence-corrected chi connectivity index (χ4v) is 5.05. The minimum absolute atomic E-state index is 0.0164. The zero-order chi connectivity index (χ0) is 22.5. The molecule has 0 unspecified atom stereocenters. The predicted octanol–water partition coefficient (Wildman–Crippen LogP) is 5.23. The lowest BCUT2D eigenvalue weighted by Gasteiger charge is -2.21. The van der Waals surface area contributed by atoms with Crippen LogP contribution in [0.3, 0.4) is 0 Å². The van der Waals surface area contributed by atoms with Crippen molar-refractivity contribution in [1.82, 2.24) is 9.55 Å². The Balaban J connectivity index is 1.56. The summed E-state index contributed by atoms with van der Waals surface area (Å²) < 4.78 is 1.83. The highest BCUT2D eigenvalue weighted by Crippen LogP contribution is 2.30. The largest absolute Gasteiger partial charge is 0.325 e. The molecule has 6 nitrogen and oxygen atoms in total. The number of hydrogen-bond acceptors (Lipinski definition) is 5. The summed E-state index contributed by atoms with van der Waals surface area (Å²) >= 11 is 1.30. The first-order chi connectivity index (χ1) is 15.5. The molecule has 1 aliphatic carbocycles. The third kappa shape index (κ3) is 5.10. The van der Waals surface area contributed by atoms with Crippen LogP contribution in [0, 0.1) is 0 Å². The van der Waals surface area contributed by atoms with E-state index in [9.17, 15) is 14.4 Å². The molecule has 0 radical (unpaired) electrons. The van der Waals surface area contributed by atoms with Gasteiger partial charge in [0.15, 0.2) is 10.9 Å². The van der Waals surface area contributed by atoms with Crippen molar-refractivity contribution in [2.75, 3.05) is 11.1 Å². The highest BCUT2D eigenvalue weighted by molar-refractivity contribution is 7.99. The van der Waals surface area contributed by atoms with Crippen molar-refractivity contribution in [3.63, 3.8) is 0 Å². The Morgan fingerprint density at radius 3 is 2.41 bits per heavy atom.